The third kappa shape index (κ3) is 2.97. The lowest BCUT2D eigenvalue weighted by molar-refractivity contribution is -0.190. The van der Waals surface area contributed by atoms with Crippen LogP contribution in [0.25, 0.3) is 0 Å². The molecular formula is C28H30F2N2O4. The van der Waals surface area contributed by atoms with Gasteiger partial charge in [0.15, 0.2) is 23.1 Å². The predicted molar refractivity (Wildman–Crippen MR) is 129 cm³/mol. The summed E-state index contributed by atoms with van der Waals surface area (Å²) in [5.41, 5.74) is 0.451. The second-order valence-corrected chi connectivity index (χ2v) is 10.7. The number of carbonyl (C=O) groups is 1. The van der Waals surface area contributed by atoms with Gasteiger partial charge in [0.25, 0.3) is 0 Å². The second kappa shape index (κ2) is 8.02. The first kappa shape index (κ1) is 23.4. The highest BCUT2D eigenvalue weighted by atomic mass is 19.2. The first-order valence-electron chi connectivity index (χ1n) is 12.6. The van der Waals surface area contributed by atoms with Crippen molar-refractivity contribution in [1.29, 1.82) is 0 Å². The van der Waals surface area contributed by atoms with E-state index in [-0.39, 0.29) is 17.7 Å². The maximum atomic E-state index is 13.8. The van der Waals surface area contributed by atoms with Crippen LogP contribution in [0.4, 0.5) is 8.78 Å². The Morgan fingerprint density at radius 1 is 1.31 bits per heavy atom. The average molecular weight is 497 g/mol. The number of likely N-dealkylation sites (tertiary alicyclic amines) is 1. The number of halogens is 2. The van der Waals surface area contributed by atoms with Crippen LogP contribution in [0.5, 0.6) is 11.5 Å². The summed E-state index contributed by atoms with van der Waals surface area (Å²) >= 11 is 0. The lowest BCUT2D eigenvalue weighted by atomic mass is 9.48. The van der Waals surface area contributed by atoms with Gasteiger partial charge < -0.3 is 20.3 Å². The summed E-state index contributed by atoms with van der Waals surface area (Å²) in [4.78, 5) is 15.5. The number of benzene rings is 2. The SMILES string of the molecule is C=CCN1CC[C@]23c4c5ccc(O)c4OC2C(NC(=O)C(C)c2ccc(F)c(F)c2)CC[C@@]3(O)[C@H]1C5. The van der Waals surface area contributed by atoms with Gasteiger partial charge in [0.1, 0.15) is 6.10 Å². The first-order chi connectivity index (χ1) is 17.2. The fraction of sp³-hybridized carbons (Fsp3) is 0.464. The van der Waals surface area contributed by atoms with E-state index in [0.29, 0.717) is 43.5 Å². The zero-order chi connectivity index (χ0) is 25.4. The molecule has 2 bridgehead atoms. The molecule has 2 heterocycles. The molecule has 6 nitrogen and oxygen atoms in total. The van der Waals surface area contributed by atoms with Gasteiger partial charge in [-0.1, -0.05) is 18.2 Å². The third-order valence-electron chi connectivity index (χ3n) is 9.10. The van der Waals surface area contributed by atoms with Crippen LogP contribution in [-0.2, 0) is 16.6 Å². The largest absolute Gasteiger partial charge is 0.504 e. The van der Waals surface area contributed by atoms with Crippen molar-refractivity contribution in [3.8, 4) is 11.5 Å². The van der Waals surface area contributed by atoms with Crippen molar-refractivity contribution in [2.45, 2.75) is 67.7 Å². The Labute approximate surface area is 208 Å². The van der Waals surface area contributed by atoms with Crippen LogP contribution < -0.4 is 10.1 Å². The van der Waals surface area contributed by atoms with Gasteiger partial charge in [0, 0.05) is 18.2 Å². The van der Waals surface area contributed by atoms with E-state index in [9.17, 15) is 23.8 Å². The summed E-state index contributed by atoms with van der Waals surface area (Å²) in [6.07, 6.45) is 3.51. The molecule has 6 atom stereocenters. The summed E-state index contributed by atoms with van der Waals surface area (Å²) in [6.45, 7) is 6.94. The molecule has 2 aromatic rings. The maximum absolute atomic E-state index is 13.8. The van der Waals surface area contributed by atoms with E-state index in [1.165, 1.54) is 6.07 Å². The highest BCUT2D eigenvalue weighted by Gasteiger charge is 2.73. The summed E-state index contributed by atoms with van der Waals surface area (Å²) in [6, 6.07) is 6.48. The fourth-order valence-electron chi connectivity index (χ4n) is 7.40. The number of phenols is 1. The standard InChI is InChI=1S/C28H30F2N2O4/c1-3-11-32-12-10-27-23-17-5-7-21(33)24(23)36-25(27)20(8-9-28(27,35)22(32)14-17)31-26(34)15(2)16-4-6-18(29)19(30)13-16/h3-7,13,15,20,22,25,33,35H,1,8-12,14H2,2H3,(H,31,34)/t15?,20?,22-,25?,27+,28-/m1/s1. The highest BCUT2D eigenvalue weighted by Crippen LogP contribution is 2.65. The van der Waals surface area contributed by atoms with Crippen molar-refractivity contribution in [2.24, 2.45) is 0 Å². The minimum Gasteiger partial charge on any atom is -0.504 e. The zero-order valence-corrected chi connectivity index (χ0v) is 20.1. The lowest BCUT2D eigenvalue weighted by Crippen LogP contribution is -2.78. The Bertz CT molecular complexity index is 1270. The zero-order valence-electron chi connectivity index (χ0n) is 20.1. The molecule has 0 aromatic heterocycles. The molecule has 190 valence electrons. The molecule has 2 aliphatic carbocycles. The van der Waals surface area contributed by atoms with Crippen LogP contribution in [0.1, 0.15) is 48.8 Å². The minimum absolute atomic E-state index is 0.0343. The van der Waals surface area contributed by atoms with Crippen molar-refractivity contribution in [3.63, 3.8) is 0 Å². The normalized spacial score (nSPS) is 32.8. The number of ether oxygens (including phenoxy) is 1. The van der Waals surface area contributed by atoms with E-state index >= 15 is 0 Å². The summed E-state index contributed by atoms with van der Waals surface area (Å²) in [5.74, 6) is -2.55. The molecule has 6 rings (SSSR count). The monoisotopic (exact) mass is 496 g/mol. The molecule has 1 saturated heterocycles. The van der Waals surface area contributed by atoms with E-state index in [1.807, 2.05) is 12.1 Å². The quantitative estimate of drug-likeness (QED) is 0.554. The Morgan fingerprint density at radius 2 is 2.11 bits per heavy atom. The van der Waals surface area contributed by atoms with Gasteiger partial charge >= 0.3 is 0 Å². The van der Waals surface area contributed by atoms with Crippen LogP contribution >= 0.6 is 0 Å². The molecule has 2 aromatic carbocycles. The summed E-state index contributed by atoms with van der Waals surface area (Å²) in [7, 11) is 0. The van der Waals surface area contributed by atoms with E-state index < -0.39 is 40.7 Å². The van der Waals surface area contributed by atoms with Gasteiger partial charge in [-0.05, 0) is 68.5 Å². The number of hydrogen-bond acceptors (Lipinski definition) is 5. The van der Waals surface area contributed by atoms with Crippen molar-refractivity contribution in [3.05, 3.63) is 71.3 Å². The molecule has 3 unspecified atom stereocenters. The number of aliphatic hydroxyl groups is 1. The summed E-state index contributed by atoms with van der Waals surface area (Å²) in [5, 5.41) is 26.2. The number of aromatic hydroxyl groups is 1. The van der Waals surface area contributed by atoms with Gasteiger partial charge in [0.05, 0.1) is 23.0 Å². The van der Waals surface area contributed by atoms with Gasteiger partial charge in [0.2, 0.25) is 5.91 Å². The smallest absolute Gasteiger partial charge is 0.227 e. The number of piperidine rings is 1. The predicted octanol–water partition coefficient (Wildman–Crippen LogP) is 3.30. The first-order valence-corrected chi connectivity index (χ1v) is 12.6. The van der Waals surface area contributed by atoms with Crippen molar-refractivity contribution in [1.82, 2.24) is 10.2 Å². The molecule has 36 heavy (non-hydrogen) atoms. The number of amides is 1. The fourth-order valence-corrected chi connectivity index (χ4v) is 7.40. The van der Waals surface area contributed by atoms with Crippen molar-refractivity contribution in [2.75, 3.05) is 13.1 Å². The Balaban J connectivity index is 1.37. The molecule has 2 aliphatic heterocycles. The number of carbonyl (C=O) groups excluding carboxylic acids is 1. The Kier molecular flexibility index (Phi) is 5.22. The number of rotatable bonds is 5. The molecule has 2 fully saturated rings. The van der Waals surface area contributed by atoms with Crippen LogP contribution in [0.2, 0.25) is 0 Å². The molecule has 3 N–H and O–H groups in total. The Hall–Kier alpha value is -2.97. The van der Waals surface area contributed by atoms with Crippen LogP contribution in [0.15, 0.2) is 43.0 Å². The summed E-state index contributed by atoms with van der Waals surface area (Å²) < 4.78 is 33.6. The van der Waals surface area contributed by atoms with E-state index in [0.717, 1.165) is 29.8 Å². The molecule has 1 spiro atoms. The Morgan fingerprint density at radius 3 is 2.86 bits per heavy atom. The molecule has 1 saturated carbocycles. The molecular weight excluding hydrogens is 466 g/mol. The van der Waals surface area contributed by atoms with E-state index in [2.05, 4.69) is 16.8 Å². The van der Waals surface area contributed by atoms with Gasteiger partial charge in [-0.25, -0.2) is 8.78 Å². The second-order valence-electron chi connectivity index (χ2n) is 10.7. The third-order valence-corrected chi connectivity index (χ3v) is 9.10. The maximum Gasteiger partial charge on any atom is 0.227 e. The topological polar surface area (TPSA) is 82.0 Å². The number of nitrogens with zero attached hydrogens (tertiary/aromatic N) is 1. The molecule has 4 aliphatic rings. The molecule has 0 radical (unpaired) electrons. The van der Waals surface area contributed by atoms with Crippen molar-refractivity contribution >= 4 is 5.91 Å². The van der Waals surface area contributed by atoms with Crippen LogP contribution in [-0.4, -0.2) is 57.9 Å². The molecule has 1 amide bonds. The van der Waals surface area contributed by atoms with E-state index in [1.54, 1.807) is 13.0 Å². The lowest BCUT2D eigenvalue weighted by Gasteiger charge is -2.64. The van der Waals surface area contributed by atoms with Gasteiger partial charge in [-0.15, -0.1) is 6.58 Å². The molecule has 8 heteroatoms. The number of nitrogens with one attached hydrogen (secondary N) is 1. The highest BCUT2D eigenvalue weighted by molar-refractivity contribution is 5.83. The van der Waals surface area contributed by atoms with Crippen LogP contribution in [0.3, 0.4) is 0 Å². The van der Waals surface area contributed by atoms with Gasteiger partial charge in [-0.2, -0.15) is 0 Å². The minimum atomic E-state index is -1.09. The van der Waals surface area contributed by atoms with Crippen LogP contribution in [0, 0.1) is 11.6 Å². The number of phenolic OH excluding ortho intramolecular Hbond substituents is 1. The number of hydrogen-bond donors (Lipinski definition) is 3. The van der Waals surface area contributed by atoms with Gasteiger partial charge in [-0.3, -0.25) is 9.69 Å². The van der Waals surface area contributed by atoms with E-state index in [4.69, 9.17) is 4.74 Å². The average Bonchev–Trinajstić information content (AvgIpc) is 3.21. The van der Waals surface area contributed by atoms with Crippen molar-refractivity contribution < 1.29 is 28.5 Å².